The quantitative estimate of drug-likeness (QED) is 0.470. The summed E-state index contributed by atoms with van der Waals surface area (Å²) in [5.74, 6) is 0.689. The van der Waals surface area contributed by atoms with Crippen LogP contribution in [0.4, 0.5) is 5.13 Å². The van der Waals surface area contributed by atoms with E-state index >= 15 is 0 Å². The number of thiazole rings is 1. The van der Waals surface area contributed by atoms with E-state index in [0.717, 1.165) is 27.1 Å². The van der Waals surface area contributed by atoms with Crippen LogP contribution in [0.2, 0.25) is 0 Å². The fourth-order valence-electron chi connectivity index (χ4n) is 3.24. The first kappa shape index (κ1) is 19.1. The minimum Gasteiger partial charge on any atom is -0.494 e. The number of aromatic nitrogens is 3. The molecule has 6 nitrogen and oxygen atoms in total. The highest BCUT2D eigenvalue weighted by Crippen LogP contribution is 2.33. The number of hydrogen-bond acceptors (Lipinski definition) is 5. The van der Waals surface area contributed by atoms with Crippen LogP contribution in [0, 0.1) is 6.92 Å². The summed E-state index contributed by atoms with van der Waals surface area (Å²) in [5.41, 5.74) is 3.29. The van der Waals surface area contributed by atoms with Gasteiger partial charge in [0.25, 0.3) is 5.91 Å². The summed E-state index contributed by atoms with van der Waals surface area (Å²) in [6.45, 7) is 4.89. The molecule has 0 saturated carbocycles. The molecule has 1 amide bonds. The largest absolute Gasteiger partial charge is 0.494 e. The number of amides is 1. The van der Waals surface area contributed by atoms with Gasteiger partial charge in [-0.3, -0.25) is 14.4 Å². The van der Waals surface area contributed by atoms with Gasteiger partial charge in [-0.2, -0.15) is 5.10 Å². The van der Waals surface area contributed by atoms with Crippen LogP contribution in [0.25, 0.3) is 10.2 Å². The van der Waals surface area contributed by atoms with Crippen molar-refractivity contribution in [2.75, 3.05) is 11.5 Å². The van der Waals surface area contributed by atoms with Crippen LogP contribution in [0.3, 0.4) is 0 Å². The van der Waals surface area contributed by atoms with Crippen molar-refractivity contribution >= 4 is 32.6 Å². The van der Waals surface area contributed by atoms with E-state index in [0.29, 0.717) is 24.0 Å². The normalized spacial score (nSPS) is 11.0. The number of nitrogens with zero attached hydrogens (tertiary/aromatic N) is 4. The lowest BCUT2D eigenvalue weighted by Gasteiger charge is -2.20. The number of benzene rings is 2. The summed E-state index contributed by atoms with van der Waals surface area (Å²) >= 11 is 1.49. The van der Waals surface area contributed by atoms with Gasteiger partial charge in [0, 0.05) is 7.05 Å². The van der Waals surface area contributed by atoms with Crippen LogP contribution in [0.15, 0.2) is 54.7 Å². The molecule has 4 rings (SSSR count). The molecule has 0 saturated heterocycles. The summed E-state index contributed by atoms with van der Waals surface area (Å²) in [6.07, 6.45) is 1.71. The van der Waals surface area contributed by atoms with Gasteiger partial charge in [0.2, 0.25) is 0 Å². The Labute approximate surface area is 173 Å². The first-order valence-electron chi connectivity index (χ1n) is 9.44. The third-order valence-electron chi connectivity index (χ3n) is 4.64. The third-order valence-corrected chi connectivity index (χ3v) is 5.68. The van der Waals surface area contributed by atoms with Crippen molar-refractivity contribution < 1.29 is 9.53 Å². The first-order valence-corrected chi connectivity index (χ1v) is 10.3. The highest BCUT2D eigenvalue weighted by Gasteiger charge is 2.25. The standard InChI is InChI=1S/C22H22N4O2S/c1-4-28-17-10-11-18-19(12-17)29-22(24-18)26(14-16-8-6-5-7-9-16)21(27)20-15(2)13-23-25(20)3/h5-13H,4,14H2,1-3H3. The van der Waals surface area contributed by atoms with Crippen LogP contribution in [0.1, 0.15) is 28.5 Å². The molecule has 0 aliphatic heterocycles. The third kappa shape index (κ3) is 3.86. The molecule has 2 heterocycles. The van der Waals surface area contributed by atoms with E-state index in [2.05, 4.69) is 5.10 Å². The Morgan fingerprint density at radius 1 is 1.21 bits per heavy atom. The minimum absolute atomic E-state index is 0.115. The van der Waals surface area contributed by atoms with Crippen LogP contribution < -0.4 is 9.64 Å². The highest BCUT2D eigenvalue weighted by atomic mass is 32.1. The Hall–Kier alpha value is -3.19. The van der Waals surface area contributed by atoms with Crippen molar-refractivity contribution in [2.24, 2.45) is 7.05 Å². The topological polar surface area (TPSA) is 60.2 Å². The highest BCUT2D eigenvalue weighted by molar-refractivity contribution is 7.22. The average molecular weight is 407 g/mol. The number of rotatable bonds is 6. The molecule has 148 valence electrons. The number of carbonyl (C=O) groups excluding carboxylic acids is 1. The zero-order valence-electron chi connectivity index (χ0n) is 16.6. The molecular weight excluding hydrogens is 384 g/mol. The monoisotopic (exact) mass is 406 g/mol. The van der Waals surface area contributed by atoms with Gasteiger partial charge < -0.3 is 4.74 Å². The second kappa shape index (κ2) is 8.05. The zero-order valence-corrected chi connectivity index (χ0v) is 17.4. The lowest BCUT2D eigenvalue weighted by molar-refractivity contribution is 0.0975. The molecule has 0 radical (unpaired) electrons. The fraction of sp³-hybridized carbons (Fsp3) is 0.227. The maximum atomic E-state index is 13.5. The van der Waals surface area contributed by atoms with Crippen LogP contribution in [-0.4, -0.2) is 27.3 Å². The molecule has 0 unspecified atom stereocenters. The molecule has 0 atom stereocenters. The Morgan fingerprint density at radius 2 is 2.00 bits per heavy atom. The van der Waals surface area contributed by atoms with Crippen molar-refractivity contribution in [1.82, 2.24) is 14.8 Å². The molecule has 0 fully saturated rings. The summed E-state index contributed by atoms with van der Waals surface area (Å²) in [7, 11) is 1.79. The predicted molar refractivity (Wildman–Crippen MR) is 116 cm³/mol. The van der Waals surface area contributed by atoms with Crippen molar-refractivity contribution in [3.05, 3.63) is 71.5 Å². The van der Waals surface area contributed by atoms with E-state index in [4.69, 9.17) is 9.72 Å². The molecule has 0 N–H and O–H groups in total. The predicted octanol–water partition coefficient (Wildman–Crippen LogP) is 4.58. The fourth-order valence-corrected chi connectivity index (χ4v) is 4.23. The number of ether oxygens (including phenoxy) is 1. The smallest absolute Gasteiger partial charge is 0.278 e. The molecule has 7 heteroatoms. The second-order valence-electron chi connectivity index (χ2n) is 6.74. The molecule has 0 spiro atoms. The molecule has 0 aliphatic rings. The van der Waals surface area contributed by atoms with Gasteiger partial charge in [-0.05, 0) is 43.2 Å². The maximum absolute atomic E-state index is 13.5. The van der Waals surface area contributed by atoms with Crippen LogP contribution >= 0.6 is 11.3 Å². The Kier molecular flexibility index (Phi) is 5.31. The van der Waals surface area contributed by atoms with Gasteiger partial charge >= 0.3 is 0 Å². The molecule has 2 aromatic carbocycles. The molecule has 2 aromatic heterocycles. The van der Waals surface area contributed by atoms with E-state index in [1.807, 2.05) is 62.4 Å². The molecule has 0 bridgehead atoms. The molecule has 29 heavy (non-hydrogen) atoms. The van der Waals surface area contributed by atoms with Crippen LogP contribution in [-0.2, 0) is 13.6 Å². The SMILES string of the molecule is CCOc1ccc2nc(N(Cc3ccccc3)C(=O)c3c(C)cnn3C)sc2c1. The summed E-state index contributed by atoms with van der Waals surface area (Å²) < 4.78 is 8.21. The van der Waals surface area contributed by atoms with Crippen molar-refractivity contribution in [3.63, 3.8) is 0 Å². The Balaban J connectivity index is 1.77. The number of fused-ring (bicyclic) bond motifs is 1. The van der Waals surface area contributed by atoms with E-state index in [9.17, 15) is 4.79 Å². The average Bonchev–Trinajstić information content (AvgIpc) is 3.29. The Bertz CT molecular complexity index is 1130. The van der Waals surface area contributed by atoms with Gasteiger partial charge in [-0.1, -0.05) is 41.7 Å². The second-order valence-corrected chi connectivity index (χ2v) is 7.74. The van der Waals surface area contributed by atoms with E-state index in [-0.39, 0.29) is 5.91 Å². The summed E-state index contributed by atoms with van der Waals surface area (Å²) in [5, 5.41) is 4.89. The molecule has 4 aromatic rings. The Morgan fingerprint density at radius 3 is 2.69 bits per heavy atom. The summed E-state index contributed by atoms with van der Waals surface area (Å²) in [6, 6.07) is 15.7. The van der Waals surface area contributed by atoms with E-state index < -0.39 is 0 Å². The summed E-state index contributed by atoms with van der Waals surface area (Å²) in [4.78, 5) is 20.0. The maximum Gasteiger partial charge on any atom is 0.278 e. The number of aryl methyl sites for hydroxylation is 2. The van der Waals surface area contributed by atoms with E-state index in [1.54, 1.807) is 22.8 Å². The molecule has 0 aliphatic carbocycles. The van der Waals surface area contributed by atoms with Crippen molar-refractivity contribution in [3.8, 4) is 5.75 Å². The number of carbonyl (C=O) groups is 1. The molecular formula is C22H22N4O2S. The van der Waals surface area contributed by atoms with Crippen LogP contribution in [0.5, 0.6) is 5.75 Å². The lowest BCUT2D eigenvalue weighted by atomic mass is 10.2. The first-order chi connectivity index (χ1) is 14.1. The number of anilines is 1. The zero-order chi connectivity index (χ0) is 20.4. The van der Waals surface area contributed by atoms with Gasteiger partial charge in [0.15, 0.2) is 5.13 Å². The number of hydrogen-bond donors (Lipinski definition) is 0. The van der Waals surface area contributed by atoms with Crippen molar-refractivity contribution in [2.45, 2.75) is 20.4 Å². The van der Waals surface area contributed by atoms with Gasteiger partial charge in [-0.15, -0.1) is 0 Å². The van der Waals surface area contributed by atoms with Gasteiger partial charge in [0.1, 0.15) is 11.4 Å². The lowest BCUT2D eigenvalue weighted by Crippen LogP contribution is -2.32. The van der Waals surface area contributed by atoms with Gasteiger partial charge in [-0.25, -0.2) is 4.98 Å². The van der Waals surface area contributed by atoms with Gasteiger partial charge in [0.05, 0.1) is 29.6 Å². The van der Waals surface area contributed by atoms with Crippen molar-refractivity contribution in [1.29, 1.82) is 0 Å². The van der Waals surface area contributed by atoms with E-state index in [1.165, 1.54) is 11.3 Å². The minimum atomic E-state index is -0.115.